The van der Waals surface area contributed by atoms with Crippen LogP contribution in [0.1, 0.15) is 55.8 Å². The number of rotatable bonds is 4. The van der Waals surface area contributed by atoms with Crippen LogP contribution < -0.4 is 0 Å². The van der Waals surface area contributed by atoms with Crippen LogP contribution in [-0.2, 0) is 6.42 Å². The standard InChI is InChI=1S/C16H26N2/c1-13(2)15-7-9-17-16(14(15)3)8-12-18-10-5-4-6-11-18/h7,9,13H,4-6,8,10-12H2,1-3H3. The van der Waals surface area contributed by atoms with Crippen molar-refractivity contribution in [3.63, 3.8) is 0 Å². The van der Waals surface area contributed by atoms with E-state index < -0.39 is 0 Å². The molecule has 0 radical (unpaired) electrons. The second kappa shape index (κ2) is 6.33. The Morgan fingerprint density at radius 1 is 1.22 bits per heavy atom. The van der Waals surface area contributed by atoms with Crippen LogP contribution in [0.5, 0.6) is 0 Å². The lowest BCUT2D eigenvalue weighted by molar-refractivity contribution is 0.231. The van der Waals surface area contributed by atoms with Crippen LogP contribution in [0.2, 0.25) is 0 Å². The van der Waals surface area contributed by atoms with Crippen LogP contribution in [-0.4, -0.2) is 29.5 Å². The number of hydrogen-bond donors (Lipinski definition) is 0. The van der Waals surface area contributed by atoms with Crippen LogP contribution in [0.25, 0.3) is 0 Å². The third kappa shape index (κ3) is 3.32. The summed E-state index contributed by atoms with van der Waals surface area (Å²) >= 11 is 0. The van der Waals surface area contributed by atoms with Gasteiger partial charge >= 0.3 is 0 Å². The van der Waals surface area contributed by atoms with E-state index in [0.29, 0.717) is 5.92 Å². The van der Waals surface area contributed by atoms with Crippen LogP contribution in [0.3, 0.4) is 0 Å². The fraction of sp³-hybridized carbons (Fsp3) is 0.688. The summed E-state index contributed by atoms with van der Waals surface area (Å²) in [6.45, 7) is 10.5. The van der Waals surface area contributed by atoms with E-state index in [1.165, 1.54) is 55.7 Å². The van der Waals surface area contributed by atoms with E-state index in [1.807, 2.05) is 6.20 Å². The van der Waals surface area contributed by atoms with Gasteiger partial charge in [-0.2, -0.15) is 0 Å². The van der Waals surface area contributed by atoms with Gasteiger partial charge in [-0.25, -0.2) is 0 Å². The highest BCUT2D eigenvalue weighted by atomic mass is 15.1. The van der Waals surface area contributed by atoms with Crippen molar-refractivity contribution in [1.82, 2.24) is 9.88 Å². The lowest BCUT2D eigenvalue weighted by atomic mass is 9.97. The van der Waals surface area contributed by atoms with Gasteiger partial charge in [0, 0.05) is 24.9 Å². The summed E-state index contributed by atoms with van der Waals surface area (Å²) in [6.07, 6.45) is 7.24. The van der Waals surface area contributed by atoms with Gasteiger partial charge in [0.1, 0.15) is 0 Å². The molecule has 0 amide bonds. The number of likely N-dealkylation sites (tertiary alicyclic amines) is 1. The molecule has 0 N–H and O–H groups in total. The monoisotopic (exact) mass is 246 g/mol. The molecule has 2 heterocycles. The van der Waals surface area contributed by atoms with Crippen molar-refractivity contribution >= 4 is 0 Å². The molecule has 0 aromatic carbocycles. The number of aromatic nitrogens is 1. The van der Waals surface area contributed by atoms with E-state index in [2.05, 4.69) is 36.7 Å². The third-order valence-corrected chi connectivity index (χ3v) is 4.09. The Morgan fingerprint density at radius 3 is 2.61 bits per heavy atom. The number of nitrogens with zero attached hydrogens (tertiary/aromatic N) is 2. The molecule has 100 valence electrons. The van der Waals surface area contributed by atoms with E-state index in [9.17, 15) is 0 Å². The van der Waals surface area contributed by atoms with Gasteiger partial charge in [0.15, 0.2) is 0 Å². The summed E-state index contributed by atoms with van der Waals surface area (Å²) in [5.74, 6) is 0.599. The average Bonchev–Trinajstić information content (AvgIpc) is 2.38. The fourth-order valence-electron chi connectivity index (χ4n) is 2.92. The van der Waals surface area contributed by atoms with Gasteiger partial charge in [0.05, 0.1) is 0 Å². The zero-order chi connectivity index (χ0) is 13.0. The van der Waals surface area contributed by atoms with E-state index >= 15 is 0 Å². The molecule has 1 aromatic heterocycles. The van der Waals surface area contributed by atoms with Crippen molar-refractivity contribution in [2.45, 2.75) is 52.4 Å². The Bertz CT molecular complexity index is 379. The average molecular weight is 246 g/mol. The van der Waals surface area contributed by atoms with Gasteiger partial charge in [0.2, 0.25) is 0 Å². The van der Waals surface area contributed by atoms with E-state index in [-0.39, 0.29) is 0 Å². The number of piperidine rings is 1. The van der Waals surface area contributed by atoms with E-state index in [4.69, 9.17) is 0 Å². The first-order valence-corrected chi connectivity index (χ1v) is 7.35. The lowest BCUT2D eigenvalue weighted by Crippen LogP contribution is -2.31. The van der Waals surface area contributed by atoms with Crippen molar-refractivity contribution in [3.8, 4) is 0 Å². The summed E-state index contributed by atoms with van der Waals surface area (Å²) in [7, 11) is 0. The Kier molecular flexibility index (Phi) is 4.76. The summed E-state index contributed by atoms with van der Waals surface area (Å²) in [5.41, 5.74) is 4.16. The first kappa shape index (κ1) is 13.5. The third-order valence-electron chi connectivity index (χ3n) is 4.09. The van der Waals surface area contributed by atoms with Gasteiger partial charge < -0.3 is 4.90 Å². The Morgan fingerprint density at radius 2 is 1.94 bits per heavy atom. The topological polar surface area (TPSA) is 16.1 Å². The maximum atomic E-state index is 4.58. The second-order valence-electron chi connectivity index (χ2n) is 5.78. The molecule has 2 heteroatoms. The Hall–Kier alpha value is -0.890. The SMILES string of the molecule is Cc1c(C(C)C)ccnc1CCN1CCCCC1. The molecule has 2 rings (SSSR count). The predicted molar refractivity (Wildman–Crippen MR) is 77.1 cm³/mol. The first-order valence-electron chi connectivity index (χ1n) is 7.35. The Labute approximate surface area is 111 Å². The lowest BCUT2D eigenvalue weighted by Gasteiger charge is -2.26. The summed E-state index contributed by atoms with van der Waals surface area (Å²) in [6, 6.07) is 2.17. The molecule has 0 spiro atoms. The molecule has 1 aromatic rings. The molecule has 0 aliphatic carbocycles. The molecule has 1 aliphatic rings. The molecular formula is C16H26N2. The molecule has 1 fully saturated rings. The predicted octanol–water partition coefficient (Wildman–Crippen LogP) is 3.54. The molecular weight excluding hydrogens is 220 g/mol. The van der Waals surface area contributed by atoms with Crippen molar-refractivity contribution in [1.29, 1.82) is 0 Å². The summed E-state index contributed by atoms with van der Waals surface area (Å²) in [4.78, 5) is 7.17. The summed E-state index contributed by atoms with van der Waals surface area (Å²) < 4.78 is 0. The summed E-state index contributed by atoms with van der Waals surface area (Å²) in [5, 5.41) is 0. The largest absolute Gasteiger partial charge is 0.303 e. The Balaban J connectivity index is 1.98. The molecule has 0 atom stereocenters. The molecule has 0 saturated carbocycles. The van der Waals surface area contributed by atoms with Crippen molar-refractivity contribution in [2.75, 3.05) is 19.6 Å². The minimum atomic E-state index is 0.599. The van der Waals surface area contributed by atoms with E-state index in [1.54, 1.807) is 0 Å². The number of hydrogen-bond acceptors (Lipinski definition) is 2. The minimum Gasteiger partial charge on any atom is -0.303 e. The molecule has 0 unspecified atom stereocenters. The van der Waals surface area contributed by atoms with Gasteiger partial charge in [-0.15, -0.1) is 0 Å². The zero-order valence-electron chi connectivity index (χ0n) is 12.1. The molecule has 0 bridgehead atoms. The van der Waals surface area contributed by atoms with E-state index in [0.717, 1.165) is 6.42 Å². The molecule has 18 heavy (non-hydrogen) atoms. The van der Waals surface area contributed by atoms with Gasteiger partial charge in [-0.1, -0.05) is 20.3 Å². The van der Waals surface area contributed by atoms with Crippen LogP contribution in [0.4, 0.5) is 0 Å². The maximum absolute atomic E-state index is 4.58. The van der Waals surface area contributed by atoms with Crippen LogP contribution in [0.15, 0.2) is 12.3 Å². The normalized spacial score (nSPS) is 17.3. The maximum Gasteiger partial charge on any atom is 0.0448 e. The molecule has 1 aliphatic heterocycles. The second-order valence-corrected chi connectivity index (χ2v) is 5.78. The highest BCUT2D eigenvalue weighted by molar-refractivity contribution is 5.31. The molecule has 2 nitrogen and oxygen atoms in total. The van der Waals surface area contributed by atoms with Gasteiger partial charge in [-0.05, 0) is 56.0 Å². The highest BCUT2D eigenvalue weighted by Crippen LogP contribution is 2.21. The van der Waals surface area contributed by atoms with Crippen LogP contribution in [0, 0.1) is 6.92 Å². The number of pyridine rings is 1. The van der Waals surface area contributed by atoms with Crippen molar-refractivity contribution in [3.05, 3.63) is 29.1 Å². The van der Waals surface area contributed by atoms with Crippen molar-refractivity contribution in [2.24, 2.45) is 0 Å². The highest BCUT2D eigenvalue weighted by Gasteiger charge is 2.12. The molecule has 1 saturated heterocycles. The van der Waals surface area contributed by atoms with Crippen LogP contribution >= 0.6 is 0 Å². The quantitative estimate of drug-likeness (QED) is 0.808. The first-order chi connectivity index (χ1) is 8.68. The van der Waals surface area contributed by atoms with Gasteiger partial charge in [-0.3, -0.25) is 4.98 Å². The smallest absolute Gasteiger partial charge is 0.0448 e. The van der Waals surface area contributed by atoms with Gasteiger partial charge in [0.25, 0.3) is 0 Å². The zero-order valence-corrected chi connectivity index (χ0v) is 12.1. The minimum absolute atomic E-state index is 0.599. The fourth-order valence-corrected chi connectivity index (χ4v) is 2.92. The van der Waals surface area contributed by atoms with Crippen molar-refractivity contribution < 1.29 is 0 Å².